The first kappa shape index (κ1) is 19.5. The van der Waals surface area contributed by atoms with Crippen molar-refractivity contribution in [2.24, 2.45) is 0 Å². The van der Waals surface area contributed by atoms with Crippen LogP contribution in [0.15, 0.2) is 48.5 Å². The SMILES string of the molecule is CCCCc1ccc(CC(=O)NNC(=O)c2ccc(OCC)cc2)cc1. The molecule has 2 N–H and O–H groups in total. The van der Waals surface area contributed by atoms with Gasteiger partial charge in [-0.15, -0.1) is 0 Å². The highest BCUT2D eigenvalue weighted by molar-refractivity contribution is 5.95. The number of aryl methyl sites for hydroxylation is 1. The fraction of sp³-hybridized carbons (Fsp3) is 0.333. The van der Waals surface area contributed by atoms with Gasteiger partial charge >= 0.3 is 0 Å². The van der Waals surface area contributed by atoms with Gasteiger partial charge in [0, 0.05) is 5.56 Å². The van der Waals surface area contributed by atoms with E-state index < -0.39 is 0 Å². The molecule has 0 saturated heterocycles. The van der Waals surface area contributed by atoms with E-state index in [-0.39, 0.29) is 18.2 Å². The third kappa shape index (κ3) is 6.24. The number of hydrogen-bond acceptors (Lipinski definition) is 3. The molecule has 5 heteroatoms. The molecule has 0 radical (unpaired) electrons. The third-order valence-corrected chi connectivity index (χ3v) is 3.95. The molecule has 26 heavy (non-hydrogen) atoms. The van der Waals surface area contributed by atoms with E-state index in [0.717, 1.165) is 24.8 Å². The molecule has 2 amide bonds. The summed E-state index contributed by atoms with van der Waals surface area (Å²) in [5.41, 5.74) is 7.52. The minimum absolute atomic E-state index is 0.220. The Labute approximate surface area is 154 Å². The fourth-order valence-corrected chi connectivity index (χ4v) is 2.50. The average Bonchev–Trinajstić information content (AvgIpc) is 2.66. The topological polar surface area (TPSA) is 67.4 Å². The molecule has 0 aliphatic rings. The van der Waals surface area contributed by atoms with Crippen molar-refractivity contribution in [1.82, 2.24) is 10.9 Å². The second-order valence-electron chi connectivity index (χ2n) is 6.06. The summed E-state index contributed by atoms with van der Waals surface area (Å²) in [6.07, 6.45) is 3.61. The third-order valence-electron chi connectivity index (χ3n) is 3.95. The van der Waals surface area contributed by atoms with Crippen molar-refractivity contribution in [2.45, 2.75) is 39.5 Å². The van der Waals surface area contributed by atoms with Gasteiger partial charge in [-0.25, -0.2) is 0 Å². The normalized spacial score (nSPS) is 10.2. The van der Waals surface area contributed by atoms with Gasteiger partial charge in [-0.05, 0) is 55.2 Å². The van der Waals surface area contributed by atoms with E-state index in [2.05, 4.69) is 29.9 Å². The number of nitrogens with one attached hydrogen (secondary N) is 2. The Morgan fingerprint density at radius 1 is 0.885 bits per heavy atom. The Hall–Kier alpha value is -2.82. The Bertz CT molecular complexity index is 709. The van der Waals surface area contributed by atoms with Crippen LogP contribution < -0.4 is 15.6 Å². The van der Waals surface area contributed by atoms with Gasteiger partial charge in [0.05, 0.1) is 13.0 Å². The van der Waals surface area contributed by atoms with Gasteiger partial charge in [0.2, 0.25) is 5.91 Å². The molecule has 0 saturated carbocycles. The number of ether oxygens (including phenoxy) is 1. The van der Waals surface area contributed by atoms with Crippen LogP contribution in [-0.4, -0.2) is 18.4 Å². The van der Waals surface area contributed by atoms with Gasteiger partial charge in [0.25, 0.3) is 5.91 Å². The van der Waals surface area contributed by atoms with E-state index in [4.69, 9.17) is 4.74 Å². The molecule has 0 bridgehead atoms. The molecule has 2 rings (SSSR count). The van der Waals surface area contributed by atoms with E-state index in [0.29, 0.717) is 17.9 Å². The van der Waals surface area contributed by atoms with Gasteiger partial charge in [-0.2, -0.15) is 0 Å². The van der Waals surface area contributed by atoms with Gasteiger partial charge in [-0.3, -0.25) is 20.4 Å². The van der Waals surface area contributed by atoms with Crippen molar-refractivity contribution in [3.05, 3.63) is 65.2 Å². The summed E-state index contributed by atoms with van der Waals surface area (Å²) >= 11 is 0. The van der Waals surface area contributed by atoms with Crippen LogP contribution in [0.4, 0.5) is 0 Å². The van der Waals surface area contributed by atoms with Crippen LogP contribution in [0.25, 0.3) is 0 Å². The Morgan fingerprint density at radius 2 is 1.54 bits per heavy atom. The number of amides is 2. The smallest absolute Gasteiger partial charge is 0.269 e. The molecule has 138 valence electrons. The zero-order chi connectivity index (χ0) is 18.8. The highest BCUT2D eigenvalue weighted by Crippen LogP contribution is 2.12. The van der Waals surface area contributed by atoms with Crippen molar-refractivity contribution in [2.75, 3.05) is 6.61 Å². The maximum absolute atomic E-state index is 12.0. The standard InChI is InChI=1S/C21H26N2O3/c1-3-5-6-16-7-9-17(10-8-16)15-20(24)22-23-21(25)18-11-13-19(14-12-18)26-4-2/h7-14H,3-6,15H2,1-2H3,(H,22,24)(H,23,25). The van der Waals surface area contributed by atoms with E-state index in [1.165, 1.54) is 5.56 Å². The second kappa shape index (κ2) is 10.2. The molecular weight excluding hydrogens is 328 g/mol. The van der Waals surface area contributed by atoms with Crippen molar-refractivity contribution in [1.29, 1.82) is 0 Å². The summed E-state index contributed by atoms with van der Waals surface area (Å²) in [6, 6.07) is 14.8. The van der Waals surface area contributed by atoms with E-state index >= 15 is 0 Å². The number of carbonyl (C=O) groups excluding carboxylic acids is 2. The predicted molar refractivity (Wildman–Crippen MR) is 102 cm³/mol. The number of hydrazine groups is 1. The van der Waals surface area contributed by atoms with Crippen LogP contribution in [0.5, 0.6) is 5.75 Å². The zero-order valence-corrected chi connectivity index (χ0v) is 15.4. The summed E-state index contributed by atoms with van der Waals surface area (Å²) in [5.74, 6) is 0.0809. The lowest BCUT2D eigenvalue weighted by Crippen LogP contribution is -2.42. The Kier molecular flexibility index (Phi) is 7.68. The molecule has 2 aromatic rings. The molecule has 0 unspecified atom stereocenters. The molecular formula is C21H26N2O3. The molecule has 0 spiro atoms. The predicted octanol–water partition coefficient (Wildman–Crippen LogP) is 3.43. The Balaban J connectivity index is 1.79. The summed E-state index contributed by atoms with van der Waals surface area (Å²) in [7, 11) is 0. The van der Waals surface area contributed by atoms with Crippen LogP contribution >= 0.6 is 0 Å². The number of rotatable bonds is 8. The number of hydrogen-bond donors (Lipinski definition) is 2. The molecule has 0 aromatic heterocycles. The van der Waals surface area contributed by atoms with Crippen LogP contribution in [-0.2, 0) is 17.6 Å². The zero-order valence-electron chi connectivity index (χ0n) is 15.4. The number of benzene rings is 2. The summed E-state index contributed by atoms with van der Waals surface area (Å²) in [4.78, 5) is 24.0. The van der Waals surface area contributed by atoms with Crippen LogP contribution in [0.1, 0.15) is 48.2 Å². The van der Waals surface area contributed by atoms with E-state index in [9.17, 15) is 9.59 Å². The monoisotopic (exact) mass is 354 g/mol. The number of carbonyl (C=O) groups is 2. The van der Waals surface area contributed by atoms with Crippen LogP contribution in [0, 0.1) is 0 Å². The largest absolute Gasteiger partial charge is 0.494 e. The first-order valence-electron chi connectivity index (χ1n) is 9.02. The lowest BCUT2D eigenvalue weighted by Gasteiger charge is -2.09. The summed E-state index contributed by atoms with van der Waals surface area (Å²) in [6.45, 7) is 4.64. The maximum atomic E-state index is 12.0. The summed E-state index contributed by atoms with van der Waals surface area (Å²) in [5, 5.41) is 0. The fourth-order valence-electron chi connectivity index (χ4n) is 2.50. The highest BCUT2D eigenvalue weighted by Gasteiger charge is 2.08. The first-order valence-corrected chi connectivity index (χ1v) is 9.02. The molecule has 5 nitrogen and oxygen atoms in total. The summed E-state index contributed by atoms with van der Waals surface area (Å²) < 4.78 is 5.33. The molecule has 0 aliphatic carbocycles. The van der Waals surface area contributed by atoms with Gasteiger partial charge in [0.15, 0.2) is 0 Å². The second-order valence-corrected chi connectivity index (χ2v) is 6.06. The first-order chi connectivity index (χ1) is 12.6. The number of unbranched alkanes of at least 4 members (excludes halogenated alkanes) is 1. The average molecular weight is 354 g/mol. The van der Waals surface area contributed by atoms with Crippen molar-refractivity contribution >= 4 is 11.8 Å². The quantitative estimate of drug-likeness (QED) is 0.714. The van der Waals surface area contributed by atoms with E-state index in [1.807, 2.05) is 19.1 Å². The minimum atomic E-state index is -0.365. The van der Waals surface area contributed by atoms with Crippen molar-refractivity contribution in [3.63, 3.8) is 0 Å². The Morgan fingerprint density at radius 3 is 2.15 bits per heavy atom. The lowest BCUT2D eigenvalue weighted by atomic mass is 10.0. The van der Waals surface area contributed by atoms with Crippen LogP contribution in [0.3, 0.4) is 0 Å². The maximum Gasteiger partial charge on any atom is 0.269 e. The molecule has 0 atom stereocenters. The lowest BCUT2D eigenvalue weighted by molar-refractivity contribution is -0.121. The molecule has 0 fully saturated rings. The van der Waals surface area contributed by atoms with Gasteiger partial charge < -0.3 is 4.74 Å². The highest BCUT2D eigenvalue weighted by atomic mass is 16.5. The van der Waals surface area contributed by atoms with E-state index in [1.54, 1.807) is 24.3 Å². The van der Waals surface area contributed by atoms with Gasteiger partial charge in [-0.1, -0.05) is 37.6 Å². The van der Waals surface area contributed by atoms with Gasteiger partial charge in [0.1, 0.15) is 5.75 Å². The van der Waals surface area contributed by atoms with Crippen molar-refractivity contribution < 1.29 is 14.3 Å². The molecule has 2 aromatic carbocycles. The van der Waals surface area contributed by atoms with Crippen LogP contribution in [0.2, 0.25) is 0 Å². The van der Waals surface area contributed by atoms with Crippen molar-refractivity contribution in [3.8, 4) is 5.75 Å². The molecule has 0 heterocycles. The molecule has 0 aliphatic heterocycles. The minimum Gasteiger partial charge on any atom is -0.494 e.